The minimum Gasteiger partial charge on any atom is -0.509 e. The van der Waals surface area contributed by atoms with E-state index in [1.165, 1.54) is 0 Å². The van der Waals surface area contributed by atoms with E-state index in [0.717, 1.165) is 18.2 Å². The van der Waals surface area contributed by atoms with Gasteiger partial charge < -0.3 is 19.8 Å². The molecule has 12 heavy (non-hydrogen) atoms. The van der Waals surface area contributed by atoms with E-state index in [2.05, 4.69) is 4.65 Å². The summed E-state index contributed by atoms with van der Waals surface area (Å²) in [6, 6.07) is 2.92. The largest absolute Gasteiger partial charge is 0.707 e. The molecule has 0 amide bonds. The number of benzene rings is 1. The van der Waals surface area contributed by atoms with E-state index < -0.39 is 18.9 Å². The molecular weight excluding hydrogens is 166 g/mol. The van der Waals surface area contributed by atoms with E-state index in [-0.39, 0.29) is 5.75 Å². The van der Waals surface area contributed by atoms with Gasteiger partial charge in [0, 0.05) is 6.07 Å². The van der Waals surface area contributed by atoms with Crippen molar-refractivity contribution in [2.45, 2.75) is 0 Å². The van der Waals surface area contributed by atoms with Crippen LogP contribution in [-0.2, 0) is 0 Å². The third-order valence-electron chi connectivity index (χ3n) is 1.15. The van der Waals surface area contributed by atoms with Gasteiger partial charge in [-0.2, -0.15) is 0 Å². The van der Waals surface area contributed by atoms with Gasteiger partial charge in [0.05, 0.1) is 0 Å². The van der Waals surface area contributed by atoms with Crippen molar-refractivity contribution in [2.75, 3.05) is 0 Å². The summed E-state index contributed by atoms with van der Waals surface area (Å²) in [5.41, 5.74) is 0. The lowest BCUT2D eigenvalue weighted by molar-refractivity contribution is 0.281. The summed E-state index contributed by atoms with van der Waals surface area (Å²) < 4.78 is 16.6. The monoisotopic (exact) mass is 172 g/mol. The molecule has 0 aromatic heterocycles. The van der Waals surface area contributed by atoms with E-state index in [1.54, 1.807) is 0 Å². The van der Waals surface area contributed by atoms with Crippen molar-refractivity contribution in [2.24, 2.45) is 0 Å². The van der Waals surface area contributed by atoms with Crippen molar-refractivity contribution < 1.29 is 24.2 Å². The van der Waals surface area contributed by atoms with Crippen LogP contribution in [0.1, 0.15) is 0 Å². The molecule has 6 heteroatoms. The fourth-order valence-corrected chi connectivity index (χ4v) is 0.704. The fraction of sp³-hybridized carbons (Fsp3) is 0. The Morgan fingerprint density at radius 2 is 2.00 bits per heavy atom. The highest BCUT2D eigenvalue weighted by Crippen LogP contribution is 2.25. The Bertz CT molecular complexity index is 278. The van der Waals surface area contributed by atoms with Gasteiger partial charge in [0.25, 0.3) is 0 Å². The fourth-order valence-electron chi connectivity index (χ4n) is 0.704. The first kappa shape index (κ1) is 8.83. The van der Waals surface area contributed by atoms with Crippen molar-refractivity contribution in [1.82, 2.24) is 0 Å². The maximum absolute atomic E-state index is 12.3. The van der Waals surface area contributed by atoms with E-state index in [0.29, 0.717) is 0 Å². The second-order valence-electron chi connectivity index (χ2n) is 2.06. The first-order valence-corrected chi connectivity index (χ1v) is 3.11. The molecule has 0 aliphatic rings. The average molecular weight is 172 g/mol. The summed E-state index contributed by atoms with van der Waals surface area (Å²) in [5, 5.41) is 25.6. The Kier molecular flexibility index (Phi) is 2.52. The highest BCUT2D eigenvalue weighted by molar-refractivity contribution is 6.33. The minimum absolute atomic E-state index is 0.189. The molecule has 0 fully saturated rings. The molecular formula is C6H6BFO4. The van der Waals surface area contributed by atoms with Crippen LogP contribution in [0.15, 0.2) is 18.2 Å². The molecule has 0 heterocycles. The van der Waals surface area contributed by atoms with E-state index in [9.17, 15) is 4.39 Å². The van der Waals surface area contributed by atoms with Gasteiger partial charge in [-0.3, -0.25) is 0 Å². The Morgan fingerprint density at radius 3 is 2.50 bits per heavy atom. The molecule has 3 N–H and O–H groups in total. The lowest BCUT2D eigenvalue weighted by Crippen LogP contribution is -2.20. The molecule has 0 aliphatic heterocycles. The van der Waals surface area contributed by atoms with Gasteiger partial charge in [-0.05, 0) is 12.1 Å². The summed E-state index contributed by atoms with van der Waals surface area (Å²) >= 11 is 0. The smallest absolute Gasteiger partial charge is 0.509 e. The maximum Gasteiger partial charge on any atom is 0.707 e. The summed E-state index contributed by atoms with van der Waals surface area (Å²) in [6.07, 6.45) is 0. The number of phenolic OH excluding ortho intramolecular Hbond substituents is 1. The molecule has 0 unspecified atom stereocenters. The van der Waals surface area contributed by atoms with Crippen LogP contribution in [-0.4, -0.2) is 22.5 Å². The van der Waals surface area contributed by atoms with Gasteiger partial charge in [0.2, 0.25) is 0 Å². The number of phenols is 1. The number of hydrogen-bond acceptors (Lipinski definition) is 4. The van der Waals surface area contributed by atoms with E-state index in [4.69, 9.17) is 15.2 Å². The molecule has 0 bridgehead atoms. The molecule has 0 aliphatic carbocycles. The summed E-state index contributed by atoms with van der Waals surface area (Å²) in [7, 11) is -2.03. The van der Waals surface area contributed by atoms with E-state index in [1.807, 2.05) is 0 Å². The molecule has 1 rings (SSSR count). The third-order valence-corrected chi connectivity index (χ3v) is 1.15. The van der Waals surface area contributed by atoms with Gasteiger partial charge in [0.1, 0.15) is 11.6 Å². The minimum atomic E-state index is -2.03. The zero-order valence-corrected chi connectivity index (χ0v) is 5.94. The number of aromatic hydroxyl groups is 1. The predicted molar refractivity (Wildman–Crippen MR) is 38.9 cm³/mol. The molecule has 0 atom stereocenters. The first-order chi connectivity index (χ1) is 5.59. The standard InChI is InChI=1S/C6H6BFO4/c8-4-1-2-6(5(9)3-4)12-7(10)11/h1-3,9-11H. The number of rotatable bonds is 2. The van der Waals surface area contributed by atoms with Crippen LogP contribution < -0.4 is 4.65 Å². The molecule has 1 aromatic carbocycles. The molecule has 0 radical (unpaired) electrons. The predicted octanol–water partition coefficient (Wildman–Crippen LogP) is -0.120. The Labute approximate surface area is 68.0 Å². The Hall–Kier alpha value is -1.27. The van der Waals surface area contributed by atoms with Crippen LogP contribution in [0.2, 0.25) is 0 Å². The lowest BCUT2D eigenvalue weighted by atomic mass is 10.2. The topological polar surface area (TPSA) is 69.9 Å². The van der Waals surface area contributed by atoms with Gasteiger partial charge >= 0.3 is 7.32 Å². The van der Waals surface area contributed by atoms with Gasteiger partial charge in [0.15, 0.2) is 5.75 Å². The molecule has 1 aromatic rings. The van der Waals surface area contributed by atoms with Crippen LogP contribution in [0.5, 0.6) is 11.5 Å². The number of hydrogen-bond donors (Lipinski definition) is 3. The van der Waals surface area contributed by atoms with E-state index >= 15 is 0 Å². The normalized spacial score (nSPS) is 9.58. The van der Waals surface area contributed by atoms with Gasteiger partial charge in [-0.25, -0.2) is 4.39 Å². The maximum atomic E-state index is 12.3. The molecule has 0 spiro atoms. The van der Waals surface area contributed by atoms with Gasteiger partial charge in [-0.15, -0.1) is 0 Å². The second-order valence-corrected chi connectivity index (χ2v) is 2.06. The number of halogens is 1. The highest BCUT2D eigenvalue weighted by Gasteiger charge is 2.14. The van der Waals surface area contributed by atoms with Crippen LogP contribution in [0.4, 0.5) is 4.39 Å². The molecule has 0 saturated heterocycles. The van der Waals surface area contributed by atoms with Crippen molar-refractivity contribution in [3.05, 3.63) is 24.0 Å². The Balaban J connectivity index is 2.86. The van der Waals surface area contributed by atoms with Crippen LogP contribution in [0.25, 0.3) is 0 Å². The first-order valence-electron chi connectivity index (χ1n) is 3.11. The van der Waals surface area contributed by atoms with Crippen LogP contribution in [0.3, 0.4) is 0 Å². The van der Waals surface area contributed by atoms with Crippen molar-refractivity contribution in [3.63, 3.8) is 0 Å². The highest BCUT2D eigenvalue weighted by atomic mass is 19.1. The summed E-state index contributed by atoms with van der Waals surface area (Å²) in [5.74, 6) is -1.30. The lowest BCUT2D eigenvalue weighted by Gasteiger charge is -2.05. The van der Waals surface area contributed by atoms with Crippen molar-refractivity contribution in [3.8, 4) is 11.5 Å². The second kappa shape index (κ2) is 3.42. The van der Waals surface area contributed by atoms with Gasteiger partial charge in [-0.1, -0.05) is 0 Å². The average Bonchev–Trinajstić information content (AvgIpc) is 1.94. The Morgan fingerprint density at radius 1 is 1.33 bits per heavy atom. The molecule has 0 saturated carbocycles. The SMILES string of the molecule is OB(O)Oc1ccc(F)cc1O. The molecule has 64 valence electrons. The zero-order valence-electron chi connectivity index (χ0n) is 5.94. The van der Waals surface area contributed by atoms with Crippen LogP contribution >= 0.6 is 0 Å². The quantitative estimate of drug-likeness (QED) is 0.543. The van der Waals surface area contributed by atoms with Crippen LogP contribution in [0, 0.1) is 5.82 Å². The summed E-state index contributed by atoms with van der Waals surface area (Å²) in [4.78, 5) is 0. The third kappa shape index (κ3) is 2.11. The van der Waals surface area contributed by atoms with Crippen molar-refractivity contribution in [1.29, 1.82) is 0 Å². The zero-order chi connectivity index (χ0) is 9.14. The summed E-state index contributed by atoms with van der Waals surface area (Å²) in [6.45, 7) is 0. The van der Waals surface area contributed by atoms with Crippen molar-refractivity contribution >= 4 is 7.32 Å². The molecule has 4 nitrogen and oxygen atoms in total.